The third-order valence-corrected chi connectivity index (χ3v) is 4.56. The number of aromatic amines is 1. The van der Waals surface area contributed by atoms with Crippen molar-refractivity contribution in [2.45, 2.75) is 19.4 Å². The van der Waals surface area contributed by atoms with Crippen molar-refractivity contribution in [1.29, 1.82) is 0 Å². The fourth-order valence-corrected chi connectivity index (χ4v) is 3.50. The lowest BCUT2D eigenvalue weighted by Crippen LogP contribution is -2.39. The lowest BCUT2D eigenvalue weighted by molar-refractivity contribution is -0.131. The smallest absolute Gasteiger partial charge is 0.220 e. The molecule has 1 unspecified atom stereocenters. The zero-order valence-corrected chi connectivity index (χ0v) is 13.0. The molecule has 3 heterocycles. The topological polar surface area (TPSA) is 49.0 Å². The fourth-order valence-electron chi connectivity index (χ4n) is 3.50. The van der Waals surface area contributed by atoms with E-state index in [1.807, 2.05) is 12.1 Å². The van der Waals surface area contributed by atoms with Crippen LogP contribution in [0.5, 0.6) is 0 Å². The Labute approximate surface area is 137 Å². The van der Waals surface area contributed by atoms with E-state index in [-0.39, 0.29) is 11.5 Å². The molecule has 1 atom stereocenters. The molecule has 0 bridgehead atoms. The molecule has 1 aliphatic rings. The molecule has 0 spiro atoms. The van der Waals surface area contributed by atoms with Crippen LogP contribution in [0.1, 0.15) is 29.8 Å². The van der Waals surface area contributed by atoms with Crippen molar-refractivity contribution in [2.24, 2.45) is 0 Å². The summed E-state index contributed by atoms with van der Waals surface area (Å²) in [4.78, 5) is 21.2. The van der Waals surface area contributed by atoms with Crippen LogP contribution < -0.4 is 0 Å². The molecule has 122 valence electrons. The number of halogens is 2. The van der Waals surface area contributed by atoms with Crippen LogP contribution in [0.3, 0.4) is 0 Å². The zero-order chi connectivity index (χ0) is 16.8. The van der Waals surface area contributed by atoms with Gasteiger partial charge in [0, 0.05) is 42.4 Å². The Morgan fingerprint density at radius 2 is 2.17 bits per heavy atom. The molecule has 4 rings (SSSR count). The molecule has 0 saturated carbocycles. The Kier molecular flexibility index (Phi) is 3.33. The van der Waals surface area contributed by atoms with Gasteiger partial charge >= 0.3 is 0 Å². The first kappa shape index (κ1) is 14.8. The minimum absolute atomic E-state index is 0.152. The number of rotatable bonds is 1. The Bertz CT molecular complexity index is 951. The van der Waals surface area contributed by atoms with Crippen LogP contribution in [0.4, 0.5) is 8.78 Å². The number of hydrogen-bond acceptors (Lipinski definition) is 2. The van der Waals surface area contributed by atoms with Gasteiger partial charge in [-0.05, 0) is 30.2 Å². The molecule has 3 aromatic rings. The second-order valence-electron chi connectivity index (χ2n) is 5.95. The standard InChI is InChI=1S/C18H15F2N3O/c1-10(24)23-8-6-12-13-3-2-7-21-18(13)22-16(12)17(23)14-5-4-11(19)9-15(14)20/h2-5,7,9,17H,6,8H2,1H3,(H,21,22). The third kappa shape index (κ3) is 2.18. The van der Waals surface area contributed by atoms with Gasteiger partial charge in [-0.3, -0.25) is 4.79 Å². The van der Waals surface area contributed by atoms with Gasteiger partial charge in [-0.25, -0.2) is 13.8 Å². The van der Waals surface area contributed by atoms with Gasteiger partial charge in [0.15, 0.2) is 0 Å². The van der Waals surface area contributed by atoms with E-state index in [0.717, 1.165) is 22.7 Å². The minimum atomic E-state index is -0.661. The Morgan fingerprint density at radius 3 is 2.92 bits per heavy atom. The third-order valence-electron chi connectivity index (χ3n) is 4.56. The largest absolute Gasteiger partial charge is 0.341 e. The van der Waals surface area contributed by atoms with Crippen LogP contribution in [0.15, 0.2) is 36.5 Å². The van der Waals surface area contributed by atoms with Gasteiger partial charge in [0.1, 0.15) is 23.3 Å². The summed E-state index contributed by atoms with van der Waals surface area (Å²) in [7, 11) is 0. The maximum absolute atomic E-state index is 14.4. The van der Waals surface area contributed by atoms with Crippen molar-refractivity contribution < 1.29 is 13.6 Å². The van der Waals surface area contributed by atoms with Gasteiger partial charge in [0.05, 0.1) is 0 Å². The highest BCUT2D eigenvalue weighted by Gasteiger charge is 2.34. The van der Waals surface area contributed by atoms with Crippen LogP contribution in [0.25, 0.3) is 11.0 Å². The van der Waals surface area contributed by atoms with E-state index >= 15 is 0 Å². The number of H-pyrrole nitrogens is 1. The Hall–Kier alpha value is -2.76. The highest BCUT2D eigenvalue weighted by Crippen LogP contribution is 2.38. The molecule has 4 nitrogen and oxygen atoms in total. The number of benzene rings is 1. The molecular formula is C18H15F2N3O. The van der Waals surface area contributed by atoms with Crippen molar-refractivity contribution in [2.75, 3.05) is 6.54 Å². The summed E-state index contributed by atoms with van der Waals surface area (Å²) >= 11 is 0. The first-order chi connectivity index (χ1) is 11.6. The van der Waals surface area contributed by atoms with Gasteiger partial charge in [0.25, 0.3) is 0 Å². The number of nitrogens with one attached hydrogen (secondary N) is 1. The quantitative estimate of drug-likeness (QED) is 0.745. The number of hydrogen-bond donors (Lipinski definition) is 1. The molecule has 0 saturated heterocycles. The molecule has 1 N–H and O–H groups in total. The number of carbonyl (C=O) groups is 1. The first-order valence-corrected chi connectivity index (χ1v) is 7.74. The molecule has 0 radical (unpaired) electrons. The highest BCUT2D eigenvalue weighted by atomic mass is 19.1. The van der Waals surface area contributed by atoms with E-state index in [4.69, 9.17) is 0 Å². The van der Waals surface area contributed by atoms with Gasteiger partial charge in [-0.15, -0.1) is 0 Å². The summed E-state index contributed by atoms with van der Waals surface area (Å²) in [5, 5.41) is 0.975. The fraction of sp³-hybridized carbons (Fsp3) is 0.222. The molecular weight excluding hydrogens is 312 g/mol. The van der Waals surface area contributed by atoms with Crippen LogP contribution in [-0.4, -0.2) is 27.3 Å². The van der Waals surface area contributed by atoms with Crippen molar-refractivity contribution in [3.63, 3.8) is 0 Å². The average Bonchev–Trinajstić information content (AvgIpc) is 2.93. The molecule has 1 aliphatic heterocycles. The van der Waals surface area contributed by atoms with E-state index in [1.54, 1.807) is 11.1 Å². The van der Waals surface area contributed by atoms with Crippen LogP contribution in [0.2, 0.25) is 0 Å². The van der Waals surface area contributed by atoms with E-state index < -0.39 is 17.7 Å². The van der Waals surface area contributed by atoms with Gasteiger partial charge in [-0.2, -0.15) is 0 Å². The number of nitrogens with zero attached hydrogens (tertiary/aromatic N) is 2. The monoisotopic (exact) mass is 327 g/mol. The van der Waals surface area contributed by atoms with E-state index in [0.29, 0.717) is 18.6 Å². The number of carbonyl (C=O) groups excluding carboxylic acids is 1. The van der Waals surface area contributed by atoms with Crippen LogP contribution in [0, 0.1) is 11.6 Å². The lowest BCUT2D eigenvalue weighted by Gasteiger charge is -2.35. The minimum Gasteiger partial charge on any atom is -0.341 e. The van der Waals surface area contributed by atoms with E-state index in [1.165, 1.54) is 19.1 Å². The normalized spacial score (nSPS) is 17.1. The van der Waals surface area contributed by atoms with Crippen molar-refractivity contribution in [1.82, 2.24) is 14.9 Å². The van der Waals surface area contributed by atoms with Crippen molar-refractivity contribution in [3.8, 4) is 0 Å². The second-order valence-corrected chi connectivity index (χ2v) is 5.95. The van der Waals surface area contributed by atoms with Crippen LogP contribution >= 0.6 is 0 Å². The number of fused-ring (bicyclic) bond motifs is 3. The van der Waals surface area contributed by atoms with Gasteiger partial charge < -0.3 is 9.88 Å². The number of amides is 1. The summed E-state index contributed by atoms with van der Waals surface area (Å²) < 4.78 is 27.7. The molecule has 6 heteroatoms. The second kappa shape index (κ2) is 5.40. The molecule has 24 heavy (non-hydrogen) atoms. The highest BCUT2D eigenvalue weighted by molar-refractivity contribution is 5.83. The van der Waals surface area contributed by atoms with Gasteiger partial charge in [-0.1, -0.05) is 6.07 Å². The predicted molar refractivity (Wildman–Crippen MR) is 85.4 cm³/mol. The van der Waals surface area contributed by atoms with E-state index in [9.17, 15) is 13.6 Å². The zero-order valence-electron chi connectivity index (χ0n) is 13.0. The summed E-state index contributed by atoms with van der Waals surface area (Å²) in [5.74, 6) is -1.45. The lowest BCUT2D eigenvalue weighted by atomic mass is 9.92. The molecule has 1 aromatic carbocycles. The summed E-state index contributed by atoms with van der Waals surface area (Å²) in [6, 6.07) is 6.66. The van der Waals surface area contributed by atoms with E-state index in [2.05, 4.69) is 9.97 Å². The van der Waals surface area contributed by atoms with Gasteiger partial charge in [0.2, 0.25) is 5.91 Å². The number of aromatic nitrogens is 2. The maximum Gasteiger partial charge on any atom is 0.220 e. The molecule has 2 aromatic heterocycles. The van der Waals surface area contributed by atoms with Crippen molar-refractivity contribution >= 4 is 16.9 Å². The SMILES string of the molecule is CC(=O)N1CCc2c([nH]c3ncccc23)C1c1ccc(F)cc1F. The maximum atomic E-state index is 14.4. The predicted octanol–water partition coefficient (Wildman–Crippen LogP) is 3.34. The molecule has 0 fully saturated rings. The van der Waals surface area contributed by atoms with Crippen LogP contribution in [-0.2, 0) is 11.2 Å². The average molecular weight is 327 g/mol. The molecule has 1 amide bonds. The molecule has 0 aliphatic carbocycles. The van der Waals surface area contributed by atoms with Crippen molar-refractivity contribution in [3.05, 3.63) is 65.0 Å². The summed E-state index contributed by atoms with van der Waals surface area (Å²) in [6.07, 6.45) is 2.35. The summed E-state index contributed by atoms with van der Waals surface area (Å²) in [5.41, 5.74) is 2.76. The number of pyridine rings is 1. The summed E-state index contributed by atoms with van der Waals surface area (Å²) in [6.45, 7) is 1.94. The first-order valence-electron chi connectivity index (χ1n) is 7.74. The Morgan fingerprint density at radius 1 is 1.33 bits per heavy atom. The Balaban J connectivity index is 1.96.